The SMILES string of the molecule is O=C1OC(c2ccccc2)=NC1=Cc1cc(Oc2c([N+](=O)[O-])cc(C(F)(F)F)cc2[N+](=O)[O-])ccc1[N+](=O)[O-]. The zero-order valence-electron chi connectivity index (χ0n) is 18.9. The van der Waals surface area contributed by atoms with Crippen molar-refractivity contribution in [3.05, 3.63) is 113 Å². The lowest BCUT2D eigenvalue weighted by atomic mass is 10.1. The molecule has 0 bridgehead atoms. The van der Waals surface area contributed by atoms with Crippen LogP contribution in [-0.2, 0) is 15.7 Å². The maximum atomic E-state index is 13.2. The number of nitrogens with zero attached hydrogens (tertiary/aromatic N) is 4. The second kappa shape index (κ2) is 10.0. The van der Waals surface area contributed by atoms with Crippen LogP contribution in [0.3, 0.4) is 0 Å². The molecule has 0 spiro atoms. The third kappa shape index (κ3) is 5.53. The van der Waals surface area contributed by atoms with Gasteiger partial charge < -0.3 is 9.47 Å². The molecule has 0 amide bonds. The summed E-state index contributed by atoms with van der Waals surface area (Å²) < 4.78 is 49.8. The van der Waals surface area contributed by atoms with Gasteiger partial charge in [-0.2, -0.15) is 13.2 Å². The van der Waals surface area contributed by atoms with Gasteiger partial charge in [-0.25, -0.2) is 9.79 Å². The van der Waals surface area contributed by atoms with Crippen molar-refractivity contribution >= 4 is 35.0 Å². The molecule has 39 heavy (non-hydrogen) atoms. The molecule has 4 rings (SSSR count). The van der Waals surface area contributed by atoms with Gasteiger partial charge in [0.2, 0.25) is 5.90 Å². The van der Waals surface area contributed by atoms with E-state index in [1.54, 1.807) is 30.3 Å². The van der Waals surface area contributed by atoms with Crippen LogP contribution in [0, 0.1) is 30.3 Å². The highest BCUT2D eigenvalue weighted by Gasteiger charge is 2.39. The fraction of sp³-hybridized carbons (Fsp3) is 0.0435. The summed E-state index contributed by atoms with van der Waals surface area (Å²) in [6.45, 7) is 0. The van der Waals surface area contributed by atoms with Crippen LogP contribution < -0.4 is 4.74 Å². The van der Waals surface area contributed by atoms with E-state index < -0.39 is 61.0 Å². The van der Waals surface area contributed by atoms with Gasteiger partial charge in [-0.3, -0.25) is 30.3 Å². The number of hydrogen-bond acceptors (Lipinski definition) is 10. The topological polar surface area (TPSA) is 177 Å². The zero-order chi connectivity index (χ0) is 28.5. The molecule has 13 nitrogen and oxygen atoms in total. The number of cyclic esters (lactones) is 1. The van der Waals surface area contributed by atoms with Crippen molar-refractivity contribution in [2.45, 2.75) is 6.18 Å². The lowest BCUT2D eigenvalue weighted by Gasteiger charge is -2.11. The number of esters is 1. The Hall–Kier alpha value is -5.67. The van der Waals surface area contributed by atoms with Crippen molar-refractivity contribution in [1.29, 1.82) is 0 Å². The molecule has 0 N–H and O–H groups in total. The summed E-state index contributed by atoms with van der Waals surface area (Å²) in [5.41, 5.74) is -5.22. The number of alkyl halides is 3. The molecule has 3 aromatic rings. The molecule has 16 heteroatoms. The second-order valence-electron chi connectivity index (χ2n) is 7.64. The molecule has 0 radical (unpaired) electrons. The van der Waals surface area contributed by atoms with E-state index in [1.807, 2.05) is 0 Å². The lowest BCUT2D eigenvalue weighted by molar-refractivity contribution is -0.396. The van der Waals surface area contributed by atoms with Gasteiger partial charge in [0.25, 0.3) is 11.4 Å². The Morgan fingerprint density at radius 3 is 1.97 bits per heavy atom. The van der Waals surface area contributed by atoms with Gasteiger partial charge in [0.05, 0.1) is 25.9 Å². The van der Waals surface area contributed by atoms with E-state index >= 15 is 0 Å². The fourth-order valence-corrected chi connectivity index (χ4v) is 3.39. The van der Waals surface area contributed by atoms with E-state index in [2.05, 4.69) is 4.99 Å². The predicted octanol–water partition coefficient (Wildman–Crippen LogP) is 5.57. The number of aliphatic imine (C=N–C) groups is 1. The van der Waals surface area contributed by atoms with Crippen LogP contribution in [0.2, 0.25) is 0 Å². The molecular weight excluding hydrogens is 533 g/mol. The maximum absolute atomic E-state index is 13.2. The Bertz CT molecular complexity index is 1570. The minimum absolute atomic E-state index is 0.0605. The first kappa shape index (κ1) is 26.4. The lowest BCUT2D eigenvalue weighted by Crippen LogP contribution is -2.08. The molecule has 1 aliphatic heterocycles. The van der Waals surface area contributed by atoms with E-state index in [0.717, 1.165) is 24.3 Å². The van der Waals surface area contributed by atoms with Crippen LogP contribution in [0.4, 0.5) is 30.2 Å². The second-order valence-corrected chi connectivity index (χ2v) is 7.64. The quantitative estimate of drug-likeness (QED) is 0.159. The maximum Gasteiger partial charge on any atom is 0.416 e. The Balaban J connectivity index is 1.81. The third-order valence-corrected chi connectivity index (χ3v) is 5.12. The minimum atomic E-state index is -5.14. The molecule has 0 saturated carbocycles. The van der Waals surface area contributed by atoms with Gasteiger partial charge in [0.1, 0.15) is 5.75 Å². The van der Waals surface area contributed by atoms with E-state index in [0.29, 0.717) is 5.56 Å². The monoisotopic (exact) mass is 544 g/mol. The molecule has 1 heterocycles. The Labute approximate surface area is 213 Å². The summed E-state index contributed by atoms with van der Waals surface area (Å²) in [6, 6.07) is 11.0. The normalized spacial score (nSPS) is 14.1. The van der Waals surface area contributed by atoms with Crippen LogP contribution in [0.5, 0.6) is 11.5 Å². The molecular formula is C23H11F3N4O9. The third-order valence-electron chi connectivity index (χ3n) is 5.12. The Morgan fingerprint density at radius 2 is 1.44 bits per heavy atom. The number of hydrogen-bond donors (Lipinski definition) is 0. The number of benzene rings is 3. The number of ether oxygens (including phenoxy) is 2. The first-order valence-corrected chi connectivity index (χ1v) is 10.4. The molecule has 0 atom stereocenters. The molecule has 0 aliphatic carbocycles. The molecule has 3 aromatic carbocycles. The summed E-state index contributed by atoms with van der Waals surface area (Å²) in [5, 5.41) is 34.5. The van der Waals surface area contributed by atoms with Gasteiger partial charge in [0.15, 0.2) is 5.70 Å². The molecule has 198 valence electrons. The van der Waals surface area contributed by atoms with Crippen LogP contribution in [0.25, 0.3) is 6.08 Å². The number of rotatable bonds is 7. The van der Waals surface area contributed by atoms with Crippen molar-refractivity contribution in [2.24, 2.45) is 4.99 Å². The first-order valence-electron chi connectivity index (χ1n) is 10.4. The van der Waals surface area contributed by atoms with Crippen LogP contribution in [0.1, 0.15) is 16.7 Å². The van der Waals surface area contributed by atoms with Gasteiger partial charge in [-0.05, 0) is 30.3 Å². The smallest absolute Gasteiger partial charge is 0.416 e. The number of halogens is 3. The predicted molar refractivity (Wildman–Crippen MR) is 125 cm³/mol. The standard InChI is InChI=1S/C23H11F3N4O9/c24-23(25,26)14-10-18(29(34)35)20(19(11-14)30(36)37)38-15-6-7-17(28(32)33)13(8-15)9-16-22(31)39-21(27-16)12-4-2-1-3-5-12/h1-11H. The number of nitro groups is 3. The molecule has 1 aliphatic rings. The molecule has 0 fully saturated rings. The molecule has 0 saturated heterocycles. The number of carbonyl (C=O) groups excluding carboxylic acids is 1. The highest BCUT2D eigenvalue weighted by atomic mass is 19.4. The Kier molecular flexibility index (Phi) is 6.77. The first-order chi connectivity index (χ1) is 18.3. The van der Waals surface area contributed by atoms with Gasteiger partial charge in [-0.1, -0.05) is 18.2 Å². The zero-order valence-corrected chi connectivity index (χ0v) is 18.9. The molecule has 0 aromatic heterocycles. The number of carbonyl (C=O) groups is 1. The summed E-state index contributed by atoms with van der Waals surface area (Å²) in [4.78, 5) is 47.4. The highest BCUT2D eigenvalue weighted by Crippen LogP contribution is 2.45. The van der Waals surface area contributed by atoms with Gasteiger partial charge >= 0.3 is 23.5 Å². The summed E-state index contributed by atoms with van der Waals surface area (Å²) in [7, 11) is 0. The van der Waals surface area contributed by atoms with Gasteiger partial charge in [0, 0.05) is 23.8 Å². The molecule has 0 unspecified atom stereocenters. The average Bonchev–Trinajstić information content (AvgIpc) is 3.23. The van der Waals surface area contributed by atoms with Crippen LogP contribution >= 0.6 is 0 Å². The van der Waals surface area contributed by atoms with E-state index in [4.69, 9.17) is 9.47 Å². The van der Waals surface area contributed by atoms with Crippen LogP contribution in [0.15, 0.2) is 71.4 Å². The fourth-order valence-electron chi connectivity index (χ4n) is 3.39. The highest BCUT2D eigenvalue weighted by molar-refractivity contribution is 6.13. The van der Waals surface area contributed by atoms with Crippen molar-refractivity contribution in [2.75, 3.05) is 0 Å². The van der Waals surface area contributed by atoms with E-state index in [-0.39, 0.29) is 29.3 Å². The average molecular weight is 544 g/mol. The largest absolute Gasteiger partial charge is 0.444 e. The number of nitro benzene ring substituents is 3. The van der Waals surface area contributed by atoms with E-state index in [1.165, 1.54) is 0 Å². The van der Waals surface area contributed by atoms with E-state index in [9.17, 15) is 48.3 Å². The van der Waals surface area contributed by atoms with Crippen molar-refractivity contribution in [1.82, 2.24) is 0 Å². The summed E-state index contributed by atoms with van der Waals surface area (Å²) in [5.74, 6) is -2.64. The van der Waals surface area contributed by atoms with Crippen LogP contribution in [-0.4, -0.2) is 26.6 Å². The van der Waals surface area contributed by atoms with Gasteiger partial charge in [-0.15, -0.1) is 0 Å². The summed E-state index contributed by atoms with van der Waals surface area (Å²) >= 11 is 0. The minimum Gasteiger partial charge on any atom is -0.444 e. The van der Waals surface area contributed by atoms with Crippen molar-refractivity contribution in [3.63, 3.8) is 0 Å². The Morgan fingerprint density at radius 1 is 0.846 bits per heavy atom. The van der Waals surface area contributed by atoms with Crippen molar-refractivity contribution < 1.29 is 42.2 Å². The summed E-state index contributed by atoms with van der Waals surface area (Å²) in [6.07, 6.45) is -4.19. The van der Waals surface area contributed by atoms with Crippen molar-refractivity contribution in [3.8, 4) is 11.5 Å².